The van der Waals surface area contributed by atoms with E-state index in [1.807, 2.05) is 91.0 Å². The van der Waals surface area contributed by atoms with Crippen molar-refractivity contribution in [2.45, 2.75) is 50.2 Å². The zero-order chi connectivity index (χ0) is 22.5. The molecule has 5 rings (SSSR count). The van der Waals surface area contributed by atoms with Gasteiger partial charge in [0.25, 0.3) is 0 Å². The number of hydrogen-bond donors (Lipinski definition) is 1. The molecule has 0 bridgehead atoms. The van der Waals surface area contributed by atoms with Crippen LogP contribution < -0.4 is 0 Å². The first-order valence-electron chi connectivity index (χ1n) is 11.2. The normalized spacial score (nSPS) is 29.4. The molecule has 0 aliphatic carbocycles. The van der Waals surface area contributed by atoms with E-state index in [0.29, 0.717) is 13.2 Å². The summed E-state index contributed by atoms with van der Waals surface area (Å²) in [5.74, 6) is 0. The molecular weight excluding hydrogens is 420 g/mol. The van der Waals surface area contributed by atoms with E-state index >= 15 is 0 Å². The fraction of sp³-hybridized carbons (Fsp3) is 0.333. The minimum atomic E-state index is -0.941. The second-order valence-electron chi connectivity index (χ2n) is 8.27. The zero-order valence-corrected chi connectivity index (χ0v) is 18.2. The molecule has 0 spiro atoms. The van der Waals surface area contributed by atoms with Gasteiger partial charge in [-0.1, -0.05) is 91.0 Å². The van der Waals surface area contributed by atoms with E-state index in [-0.39, 0.29) is 6.61 Å². The van der Waals surface area contributed by atoms with E-state index in [1.165, 1.54) is 0 Å². The number of aliphatic hydroxyl groups is 1. The van der Waals surface area contributed by atoms with Crippen molar-refractivity contribution in [3.63, 3.8) is 0 Å². The van der Waals surface area contributed by atoms with E-state index in [2.05, 4.69) is 0 Å². The Morgan fingerprint density at radius 3 is 1.94 bits per heavy atom. The lowest BCUT2D eigenvalue weighted by Crippen LogP contribution is -2.62. The third-order valence-electron chi connectivity index (χ3n) is 5.92. The number of fused-ring (bicyclic) bond motifs is 1. The van der Waals surface area contributed by atoms with Crippen molar-refractivity contribution >= 4 is 0 Å². The molecular formula is C27H28O6. The number of aliphatic hydroxyl groups excluding tert-OH is 1. The summed E-state index contributed by atoms with van der Waals surface area (Å²) in [5.41, 5.74) is 2.91. The Labute approximate surface area is 193 Å². The Hall–Kier alpha value is -2.58. The second kappa shape index (κ2) is 10.6. The molecule has 2 fully saturated rings. The van der Waals surface area contributed by atoms with E-state index in [4.69, 9.17) is 23.7 Å². The van der Waals surface area contributed by atoms with Gasteiger partial charge in [-0.05, 0) is 11.1 Å². The Balaban J connectivity index is 1.31. The number of rotatable bonds is 7. The average Bonchev–Trinajstić information content (AvgIpc) is 2.88. The first-order chi connectivity index (χ1) is 16.3. The van der Waals surface area contributed by atoms with Crippen LogP contribution in [0.5, 0.6) is 0 Å². The van der Waals surface area contributed by atoms with Crippen LogP contribution in [0.25, 0.3) is 0 Å². The molecule has 6 nitrogen and oxygen atoms in total. The van der Waals surface area contributed by atoms with E-state index in [9.17, 15) is 5.11 Å². The maximum Gasteiger partial charge on any atom is 0.187 e. The van der Waals surface area contributed by atoms with Crippen LogP contribution in [-0.4, -0.2) is 42.4 Å². The molecule has 0 amide bonds. The molecule has 0 saturated carbocycles. The van der Waals surface area contributed by atoms with Crippen molar-refractivity contribution < 1.29 is 28.8 Å². The van der Waals surface area contributed by atoms with Crippen molar-refractivity contribution in [3.8, 4) is 0 Å². The number of benzene rings is 3. The van der Waals surface area contributed by atoms with Crippen molar-refractivity contribution in [1.29, 1.82) is 0 Å². The maximum absolute atomic E-state index is 11.3. The quantitative estimate of drug-likeness (QED) is 0.590. The van der Waals surface area contributed by atoms with E-state index < -0.39 is 37.0 Å². The number of hydrogen-bond acceptors (Lipinski definition) is 6. The van der Waals surface area contributed by atoms with Crippen molar-refractivity contribution in [2.75, 3.05) is 6.61 Å². The van der Waals surface area contributed by atoms with Crippen LogP contribution in [0, 0.1) is 0 Å². The highest BCUT2D eigenvalue weighted by Gasteiger charge is 2.50. The molecule has 6 atom stereocenters. The summed E-state index contributed by atoms with van der Waals surface area (Å²) >= 11 is 0. The Kier molecular flexibility index (Phi) is 7.12. The van der Waals surface area contributed by atoms with Gasteiger partial charge < -0.3 is 28.8 Å². The van der Waals surface area contributed by atoms with Crippen LogP contribution in [0.4, 0.5) is 0 Å². The van der Waals surface area contributed by atoms with Crippen LogP contribution in [0.2, 0.25) is 0 Å². The van der Waals surface area contributed by atoms with Gasteiger partial charge in [-0.3, -0.25) is 0 Å². The topological polar surface area (TPSA) is 66.4 Å². The third-order valence-corrected chi connectivity index (χ3v) is 5.92. The van der Waals surface area contributed by atoms with Crippen molar-refractivity contribution in [3.05, 3.63) is 108 Å². The third kappa shape index (κ3) is 5.33. The fourth-order valence-corrected chi connectivity index (χ4v) is 4.18. The molecule has 6 heteroatoms. The highest BCUT2D eigenvalue weighted by molar-refractivity contribution is 5.17. The summed E-state index contributed by atoms with van der Waals surface area (Å²) in [6, 6.07) is 29.4. The predicted octanol–water partition coefficient (Wildman–Crippen LogP) is 3.99. The lowest BCUT2D eigenvalue weighted by atomic mass is 9.97. The molecule has 0 radical (unpaired) electrons. The molecule has 2 heterocycles. The van der Waals surface area contributed by atoms with Gasteiger partial charge >= 0.3 is 0 Å². The Bertz CT molecular complexity index is 983. The van der Waals surface area contributed by atoms with Gasteiger partial charge in [0.15, 0.2) is 12.6 Å². The maximum atomic E-state index is 11.3. The Morgan fingerprint density at radius 1 is 0.727 bits per heavy atom. The van der Waals surface area contributed by atoms with Gasteiger partial charge in [0.2, 0.25) is 0 Å². The summed E-state index contributed by atoms with van der Waals surface area (Å²) in [6.07, 6.45) is -4.04. The summed E-state index contributed by atoms with van der Waals surface area (Å²) in [6.45, 7) is 0.959. The molecule has 2 saturated heterocycles. The van der Waals surface area contributed by atoms with Crippen LogP contribution in [0.3, 0.4) is 0 Å². The zero-order valence-electron chi connectivity index (χ0n) is 18.2. The van der Waals surface area contributed by atoms with Crippen LogP contribution in [0.15, 0.2) is 91.0 Å². The smallest absolute Gasteiger partial charge is 0.187 e. The predicted molar refractivity (Wildman–Crippen MR) is 121 cm³/mol. The van der Waals surface area contributed by atoms with Gasteiger partial charge in [0, 0.05) is 5.56 Å². The molecule has 2 aliphatic heterocycles. The average molecular weight is 449 g/mol. The van der Waals surface area contributed by atoms with Crippen molar-refractivity contribution in [2.24, 2.45) is 0 Å². The van der Waals surface area contributed by atoms with Crippen LogP contribution in [0.1, 0.15) is 23.0 Å². The van der Waals surface area contributed by atoms with Gasteiger partial charge in [0.1, 0.15) is 24.4 Å². The minimum absolute atomic E-state index is 0.290. The van der Waals surface area contributed by atoms with Crippen LogP contribution in [-0.2, 0) is 36.9 Å². The van der Waals surface area contributed by atoms with Gasteiger partial charge in [0.05, 0.1) is 19.8 Å². The second-order valence-corrected chi connectivity index (χ2v) is 8.27. The standard InChI is InChI=1S/C27H28O6/c28-23-24-22(18-31-26(33-24)21-14-8-3-9-15-21)32-27(30-17-20-12-6-2-7-13-20)25(23)29-16-19-10-4-1-5-11-19/h1-15,22-28H,16-18H2/t22-,23-,24+,25+,26-,27-/m0/s1. The monoisotopic (exact) mass is 448 g/mol. The summed E-state index contributed by atoms with van der Waals surface area (Å²) in [4.78, 5) is 0. The van der Waals surface area contributed by atoms with Gasteiger partial charge in [-0.2, -0.15) is 0 Å². The lowest BCUT2D eigenvalue weighted by Gasteiger charge is -2.47. The van der Waals surface area contributed by atoms with Crippen molar-refractivity contribution in [1.82, 2.24) is 0 Å². The Morgan fingerprint density at radius 2 is 1.30 bits per heavy atom. The van der Waals surface area contributed by atoms with Crippen LogP contribution >= 0.6 is 0 Å². The summed E-state index contributed by atoms with van der Waals surface area (Å²) in [7, 11) is 0. The largest absolute Gasteiger partial charge is 0.387 e. The highest BCUT2D eigenvalue weighted by atomic mass is 16.8. The fourth-order valence-electron chi connectivity index (χ4n) is 4.18. The van der Waals surface area contributed by atoms with Gasteiger partial charge in [-0.15, -0.1) is 0 Å². The first kappa shape index (κ1) is 22.2. The molecule has 33 heavy (non-hydrogen) atoms. The molecule has 1 N–H and O–H groups in total. The molecule has 3 aromatic rings. The minimum Gasteiger partial charge on any atom is -0.387 e. The molecule has 3 aromatic carbocycles. The molecule has 172 valence electrons. The lowest BCUT2D eigenvalue weighted by molar-refractivity contribution is -0.368. The summed E-state index contributed by atoms with van der Waals surface area (Å²) < 4.78 is 30.5. The van der Waals surface area contributed by atoms with Gasteiger partial charge in [-0.25, -0.2) is 0 Å². The summed E-state index contributed by atoms with van der Waals surface area (Å²) in [5, 5.41) is 11.3. The highest BCUT2D eigenvalue weighted by Crippen LogP contribution is 2.35. The number of ether oxygens (including phenoxy) is 5. The van der Waals surface area contributed by atoms with E-state index in [1.54, 1.807) is 0 Å². The molecule has 2 aliphatic rings. The first-order valence-corrected chi connectivity index (χ1v) is 11.2. The SMILES string of the molecule is O[C@@H]1[C@@H](OCc2ccccc2)[C@@H](OCc2ccccc2)O[C@H]2CO[C@H](c3ccccc3)O[C@@H]12. The molecule has 0 aromatic heterocycles. The molecule has 0 unspecified atom stereocenters. The van der Waals surface area contributed by atoms with E-state index in [0.717, 1.165) is 16.7 Å².